The standard InChI is InChI=1S/C19H15F3N4/c20-15-2-1-13(17(21)18(15)22)10-26-8-5-16-14(11-26)9-24-19(25-16)12-3-6-23-7-4-12/h1-4,6-7,9H,5,8,10-11H2. The molecule has 7 heteroatoms. The number of pyridine rings is 1. The zero-order valence-electron chi connectivity index (χ0n) is 13.8. The molecule has 1 aliphatic heterocycles. The largest absolute Gasteiger partial charge is 0.294 e. The lowest BCUT2D eigenvalue weighted by molar-refractivity contribution is 0.238. The molecule has 1 aliphatic rings. The van der Waals surface area contributed by atoms with Gasteiger partial charge in [0.15, 0.2) is 23.3 Å². The molecular weight excluding hydrogens is 341 g/mol. The SMILES string of the molecule is Fc1ccc(CN2CCc3nc(-c4ccncc4)ncc3C2)c(F)c1F. The number of fused-ring (bicyclic) bond motifs is 1. The van der Waals surface area contributed by atoms with Gasteiger partial charge in [0.2, 0.25) is 0 Å². The average molecular weight is 356 g/mol. The van der Waals surface area contributed by atoms with Gasteiger partial charge in [-0.2, -0.15) is 0 Å². The summed E-state index contributed by atoms with van der Waals surface area (Å²) in [7, 11) is 0. The van der Waals surface area contributed by atoms with Crippen LogP contribution >= 0.6 is 0 Å². The van der Waals surface area contributed by atoms with Crippen molar-refractivity contribution in [3.63, 3.8) is 0 Å². The van der Waals surface area contributed by atoms with Crippen molar-refractivity contribution >= 4 is 0 Å². The summed E-state index contributed by atoms with van der Waals surface area (Å²) in [5.41, 5.74) is 2.95. The molecule has 2 aromatic heterocycles. The Kier molecular flexibility index (Phi) is 4.38. The Hall–Kier alpha value is -2.80. The molecule has 0 atom stereocenters. The molecule has 0 saturated heterocycles. The van der Waals surface area contributed by atoms with Crippen LogP contribution in [0.5, 0.6) is 0 Å². The number of nitrogens with zero attached hydrogens (tertiary/aromatic N) is 4. The minimum atomic E-state index is -1.43. The van der Waals surface area contributed by atoms with Gasteiger partial charge in [-0.25, -0.2) is 23.1 Å². The van der Waals surface area contributed by atoms with Gasteiger partial charge >= 0.3 is 0 Å². The third-order valence-corrected chi connectivity index (χ3v) is 4.46. The molecule has 132 valence electrons. The molecule has 0 saturated carbocycles. The molecule has 0 radical (unpaired) electrons. The van der Waals surface area contributed by atoms with Crippen molar-refractivity contribution in [2.75, 3.05) is 6.54 Å². The van der Waals surface area contributed by atoms with E-state index in [4.69, 9.17) is 0 Å². The van der Waals surface area contributed by atoms with Crippen LogP contribution in [0.15, 0.2) is 42.9 Å². The summed E-state index contributed by atoms with van der Waals surface area (Å²) >= 11 is 0. The first kappa shape index (κ1) is 16.7. The van der Waals surface area contributed by atoms with Crippen LogP contribution in [0.2, 0.25) is 0 Å². The summed E-state index contributed by atoms with van der Waals surface area (Å²) in [6, 6.07) is 5.94. The third-order valence-electron chi connectivity index (χ3n) is 4.46. The van der Waals surface area contributed by atoms with E-state index in [0.29, 0.717) is 25.3 Å². The van der Waals surface area contributed by atoms with E-state index in [1.165, 1.54) is 6.07 Å². The highest BCUT2D eigenvalue weighted by atomic mass is 19.2. The fourth-order valence-electron chi connectivity index (χ4n) is 3.08. The highest BCUT2D eigenvalue weighted by molar-refractivity contribution is 5.54. The molecule has 0 fully saturated rings. The van der Waals surface area contributed by atoms with Crippen LogP contribution in [-0.2, 0) is 19.5 Å². The van der Waals surface area contributed by atoms with E-state index in [2.05, 4.69) is 15.0 Å². The molecule has 4 rings (SSSR count). The predicted molar refractivity (Wildman–Crippen MR) is 89.4 cm³/mol. The number of aromatic nitrogens is 3. The maximum atomic E-state index is 13.9. The van der Waals surface area contributed by atoms with Crippen molar-refractivity contribution in [3.05, 3.63) is 77.1 Å². The lowest BCUT2D eigenvalue weighted by Crippen LogP contribution is -2.31. The third kappa shape index (κ3) is 3.17. The molecule has 3 heterocycles. The van der Waals surface area contributed by atoms with Crippen LogP contribution in [-0.4, -0.2) is 26.4 Å². The molecule has 0 N–H and O–H groups in total. The van der Waals surface area contributed by atoms with Crippen LogP contribution in [0.3, 0.4) is 0 Å². The number of benzene rings is 1. The fraction of sp³-hybridized carbons (Fsp3) is 0.211. The second-order valence-corrected chi connectivity index (χ2v) is 6.20. The highest BCUT2D eigenvalue weighted by Gasteiger charge is 2.21. The van der Waals surface area contributed by atoms with Crippen molar-refractivity contribution < 1.29 is 13.2 Å². The number of halogens is 3. The summed E-state index contributed by atoms with van der Waals surface area (Å²) in [6.07, 6.45) is 5.83. The molecule has 0 bridgehead atoms. The van der Waals surface area contributed by atoms with Gasteiger partial charge in [0.25, 0.3) is 0 Å². The second kappa shape index (κ2) is 6.84. The normalized spacial score (nSPS) is 14.3. The van der Waals surface area contributed by atoms with Gasteiger partial charge in [-0.15, -0.1) is 0 Å². The van der Waals surface area contributed by atoms with Gasteiger partial charge in [-0.05, 0) is 18.2 Å². The smallest absolute Gasteiger partial charge is 0.194 e. The summed E-state index contributed by atoms with van der Waals surface area (Å²) < 4.78 is 40.3. The predicted octanol–water partition coefficient (Wildman–Crippen LogP) is 3.51. The van der Waals surface area contributed by atoms with Crippen molar-refractivity contribution in [1.82, 2.24) is 19.9 Å². The molecule has 0 aliphatic carbocycles. The quantitative estimate of drug-likeness (QED) is 0.674. The van der Waals surface area contributed by atoms with E-state index in [0.717, 1.165) is 22.9 Å². The summed E-state index contributed by atoms with van der Waals surface area (Å²) in [5.74, 6) is -3.08. The Morgan fingerprint density at radius 2 is 1.81 bits per heavy atom. The highest BCUT2D eigenvalue weighted by Crippen LogP contribution is 2.23. The Bertz CT molecular complexity index is 947. The van der Waals surface area contributed by atoms with Crippen LogP contribution in [0.4, 0.5) is 13.2 Å². The zero-order valence-corrected chi connectivity index (χ0v) is 13.8. The Morgan fingerprint density at radius 1 is 1.00 bits per heavy atom. The maximum absolute atomic E-state index is 13.9. The lowest BCUT2D eigenvalue weighted by Gasteiger charge is -2.28. The molecular formula is C19H15F3N4. The first-order valence-corrected chi connectivity index (χ1v) is 8.22. The summed E-state index contributed by atoms with van der Waals surface area (Å²) in [6.45, 7) is 1.39. The molecule has 4 nitrogen and oxygen atoms in total. The molecule has 26 heavy (non-hydrogen) atoms. The van der Waals surface area contributed by atoms with E-state index in [9.17, 15) is 13.2 Å². The minimum Gasteiger partial charge on any atom is -0.294 e. The van der Waals surface area contributed by atoms with Crippen molar-refractivity contribution in [3.8, 4) is 11.4 Å². The van der Waals surface area contributed by atoms with Crippen LogP contribution in [0, 0.1) is 17.5 Å². The molecule has 0 amide bonds. The average Bonchev–Trinajstić information content (AvgIpc) is 2.69. The van der Waals surface area contributed by atoms with Gasteiger partial charge in [-0.3, -0.25) is 9.88 Å². The summed E-state index contributed by atoms with van der Waals surface area (Å²) in [5, 5.41) is 0. The van der Waals surface area contributed by atoms with E-state index >= 15 is 0 Å². The van der Waals surface area contributed by atoms with Gasteiger partial charge in [0.1, 0.15) is 0 Å². The minimum absolute atomic E-state index is 0.140. The Labute approximate surface area is 148 Å². The van der Waals surface area contributed by atoms with Gasteiger partial charge in [0, 0.05) is 61.3 Å². The lowest BCUT2D eigenvalue weighted by atomic mass is 10.1. The number of hydrogen-bond acceptors (Lipinski definition) is 4. The van der Waals surface area contributed by atoms with Gasteiger partial charge in [-0.1, -0.05) is 6.07 Å². The maximum Gasteiger partial charge on any atom is 0.194 e. The molecule has 1 aromatic carbocycles. The van der Waals surface area contributed by atoms with E-state index in [1.54, 1.807) is 18.6 Å². The molecule has 3 aromatic rings. The monoisotopic (exact) mass is 356 g/mol. The van der Waals surface area contributed by atoms with Crippen LogP contribution in [0.1, 0.15) is 16.8 Å². The number of rotatable bonds is 3. The van der Waals surface area contributed by atoms with E-state index in [1.807, 2.05) is 17.0 Å². The zero-order chi connectivity index (χ0) is 18.1. The van der Waals surface area contributed by atoms with Crippen LogP contribution in [0.25, 0.3) is 11.4 Å². The van der Waals surface area contributed by atoms with Crippen molar-refractivity contribution in [2.45, 2.75) is 19.5 Å². The first-order valence-electron chi connectivity index (χ1n) is 8.22. The van der Waals surface area contributed by atoms with Gasteiger partial charge < -0.3 is 0 Å². The van der Waals surface area contributed by atoms with E-state index in [-0.39, 0.29) is 12.1 Å². The molecule has 0 unspecified atom stereocenters. The fourth-order valence-corrected chi connectivity index (χ4v) is 3.08. The molecule has 0 spiro atoms. The first-order chi connectivity index (χ1) is 12.6. The topological polar surface area (TPSA) is 41.9 Å². The van der Waals surface area contributed by atoms with Crippen molar-refractivity contribution in [2.24, 2.45) is 0 Å². The number of hydrogen-bond donors (Lipinski definition) is 0. The van der Waals surface area contributed by atoms with Crippen molar-refractivity contribution in [1.29, 1.82) is 0 Å². The van der Waals surface area contributed by atoms with Crippen LogP contribution < -0.4 is 0 Å². The Morgan fingerprint density at radius 3 is 2.62 bits per heavy atom. The summed E-state index contributed by atoms with van der Waals surface area (Å²) in [4.78, 5) is 15.0. The Balaban J connectivity index is 1.53. The van der Waals surface area contributed by atoms with Gasteiger partial charge in [0.05, 0.1) is 5.69 Å². The second-order valence-electron chi connectivity index (χ2n) is 6.20. The van der Waals surface area contributed by atoms with E-state index < -0.39 is 17.5 Å².